The largest absolute Gasteiger partial charge is 0.407 e. The molecule has 1 aliphatic rings. The van der Waals surface area contributed by atoms with E-state index in [1.807, 2.05) is 26.8 Å². The third kappa shape index (κ3) is 5.83. The minimum Gasteiger partial charge on any atom is -0.336 e. The Kier molecular flexibility index (Phi) is 6.72. The number of benzene rings is 1. The summed E-state index contributed by atoms with van der Waals surface area (Å²) in [5, 5.41) is 15.1. The summed E-state index contributed by atoms with van der Waals surface area (Å²) in [6.07, 6.45) is -1.62. The van der Waals surface area contributed by atoms with Crippen molar-refractivity contribution in [1.82, 2.24) is 15.6 Å². The van der Waals surface area contributed by atoms with Gasteiger partial charge in [0.05, 0.1) is 12.1 Å². The molecule has 0 saturated heterocycles. The van der Waals surface area contributed by atoms with E-state index in [1.165, 1.54) is 23.5 Å². The fourth-order valence-electron chi connectivity index (χ4n) is 3.32. The van der Waals surface area contributed by atoms with Crippen LogP contribution in [0.25, 0.3) is 10.6 Å². The molecule has 1 aromatic carbocycles. The molecule has 0 unspecified atom stereocenters. The predicted octanol–water partition coefficient (Wildman–Crippen LogP) is 4.90. The SMILES string of the molecule is Cc1cnc(-c2ccc([C@H](N[C@@H](CC(C)C)C(=O)NC3(C#N)CC3)C(F)(F)F)cc2)s1. The second-order valence-corrected chi connectivity index (χ2v) is 9.64. The standard InChI is InChI=1S/C22H25F3N4OS/c1-13(2)10-17(19(30)29-21(12-26)8-9-21)28-18(22(23,24)25)15-4-6-16(7-5-15)20-27-11-14(3)31-20/h4-7,11,13,17-18,28H,8-10H2,1-3H3,(H,29,30)/t17-,18-/m0/s1. The third-order valence-corrected chi connectivity index (χ3v) is 6.12. The first-order valence-electron chi connectivity index (χ1n) is 10.1. The Hall–Kier alpha value is -2.44. The number of thiazole rings is 1. The van der Waals surface area contributed by atoms with Crippen LogP contribution in [0.1, 0.15) is 49.6 Å². The van der Waals surface area contributed by atoms with Gasteiger partial charge in [-0.05, 0) is 37.7 Å². The Morgan fingerprint density at radius 3 is 2.39 bits per heavy atom. The number of hydrogen-bond donors (Lipinski definition) is 2. The molecule has 1 aromatic heterocycles. The summed E-state index contributed by atoms with van der Waals surface area (Å²) in [6.45, 7) is 5.59. The number of alkyl halides is 3. The maximum atomic E-state index is 14.0. The number of aryl methyl sites for hydroxylation is 1. The zero-order chi connectivity index (χ0) is 22.8. The molecule has 0 bridgehead atoms. The summed E-state index contributed by atoms with van der Waals surface area (Å²) in [7, 11) is 0. The lowest BCUT2D eigenvalue weighted by Crippen LogP contribution is -2.52. The molecule has 5 nitrogen and oxygen atoms in total. The van der Waals surface area contributed by atoms with E-state index in [9.17, 15) is 23.2 Å². The van der Waals surface area contributed by atoms with E-state index in [2.05, 4.69) is 15.6 Å². The van der Waals surface area contributed by atoms with Crippen LogP contribution in [-0.2, 0) is 4.79 Å². The molecule has 1 saturated carbocycles. The molecule has 1 fully saturated rings. The van der Waals surface area contributed by atoms with Crippen LogP contribution in [0.15, 0.2) is 30.5 Å². The van der Waals surface area contributed by atoms with Crippen LogP contribution in [0.2, 0.25) is 0 Å². The number of carbonyl (C=O) groups is 1. The minimum absolute atomic E-state index is 0.00936. The smallest absolute Gasteiger partial charge is 0.336 e. The second kappa shape index (κ2) is 8.97. The van der Waals surface area contributed by atoms with Gasteiger partial charge in [-0.25, -0.2) is 4.98 Å². The van der Waals surface area contributed by atoms with Crippen LogP contribution in [0, 0.1) is 24.2 Å². The number of hydrogen-bond acceptors (Lipinski definition) is 5. The number of halogens is 3. The average Bonchev–Trinajstić information content (AvgIpc) is 3.34. The zero-order valence-corrected chi connectivity index (χ0v) is 18.4. The van der Waals surface area contributed by atoms with Crippen LogP contribution in [0.3, 0.4) is 0 Å². The molecule has 2 N–H and O–H groups in total. The van der Waals surface area contributed by atoms with Gasteiger partial charge in [0.25, 0.3) is 0 Å². The van der Waals surface area contributed by atoms with E-state index in [0.717, 1.165) is 15.4 Å². The van der Waals surface area contributed by atoms with E-state index in [1.54, 1.807) is 18.3 Å². The Morgan fingerprint density at radius 2 is 1.94 bits per heavy atom. The summed E-state index contributed by atoms with van der Waals surface area (Å²) in [5.74, 6) is -0.582. The molecule has 0 spiro atoms. The van der Waals surface area contributed by atoms with E-state index in [0.29, 0.717) is 12.8 Å². The number of rotatable bonds is 8. The molecule has 0 radical (unpaired) electrons. The minimum atomic E-state index is -4.60. The molecular formula is C22H25F3N4OS. The van der Waals surface area contributed by atoms with E-state index >= 15 is 0 Å². The van der Waals surface area contributed by atoms with Crippen LogP contribution >= 0.6 is 11.3 Å². The molecule has 1 amide bonds. The van der Waals surface area contributed by atoms with E-state index in [4.69, 9.17) is 0 Å². The number of carbonyl (C=O) groups excluding carboxylic acids is 1. The number of aromatic nitrogens is 1. The van der Waals surface area contributed by atoms with Crippen LogP contribution in [0.5, 0.6) is 0 Å². The van der Waals surface area contributed by atoms with E-state index in [-0.39, 0.29) is 17.9 Å². The van der Waals surface area contributed by atoms with Gasteiger partial charge < -0.3 is 5.32 Å². The van der Waals surface area contributed by atoms with Crippen LogP contribution in [0.4, 0.5) is 13.2 Å². The van der Waals surface area contributed by atoms with Crippen molar-refractivity contribution < 1.29 is 18.0 Å². The van der Waals surface area contributed by atoms with Gasteiger partial charge in [0.2, 0.25) is 5.91 Å². The van der Waals surface area contributed by atoms with Gasteiger partial charge in [-0.15, -0.1) is 11.3 Å². The molecule has 2 atom stereocenters. The molecular weight excluding hydrogens is 425 g/mol. The molecule has 0 aliphatic heterocycles. The Balaban J connectivity index is 1.83. The summed E-state index contributed by atoms with van der Waals surface area (Å²) < 4.78 is 41.9. The van der Waals surface area contributed by atoms with Gasteiger partial charge in [-0.3, -0.25) is 10.1 Å². The number of nitrogens with zero attached hydrogens (tertiary/aromatic N) is 2. The fraction of sp³-hybridized carbons (Fsp3) is 0.500. The van der Waals surface area contributed by atoms with Gasteiger partial charge in [-0.1, -0.05) is 38.1 Å². The van der Waals surface area contributed by atoms with Crippen molar-refractivity contribution in [1.29, 1.82) is 5.26 Å². The fourth-order valence-corrected chi connectivity index (χ4v) is 4.09. The number of nitriles is 1. The molecule has 2 aromatic rings. The number of amides is 1. The Labute approximate surface area is 183 Å². The second-order valence-electron chi connectivity index (χ2n) is 8.40. The lowest BCUT2D eigenvalue weighted by atomic mass is 9.98. The van der Waals surface area contributed by atoms with Gasteiger partial charge in [-0.2, -0.15) is 18.4 Å². The molecule has 1 aliphatic carbocycles. The summed E-state index contributed by atoms with van der Waals surface area (Å²) in [5.41, 5.74) is -0.175. The van der Waals surface area contributed by atoms with Gasteiger partial charge in [0.1, 0.15) is 16.6 Å². The highest BCUT2D eigenvalue weighted by molar-refractivity contribution is 7.14. The van der Waals surface area contributed by atoms with Crippen molar-refractivity contribution in [3.05, 3.63) is 40.9 Å². The first-order valence-corrected chi connectivity index (χ1v) is 10.9. The predicted molar refractivity (Wildman–Crippen MR) is 113 cm³/mol. The van der Waals surface area contributed by atoms with Crippen molar-refractivity contribution in [2.45, 2.75) is 63.8 Å². The highest BCUT2D eigenvalue weighted by Gasteiger charge is 2.47. The first-order chi connectivity index (χ1) is 14.5. The van der Waals surface area contributed by atoms with Crippen LogP contribution in [-0.4, -0.2) is 28.6 Å². The van der Waals surface area contributed by atoms with Crippen molar-refractivity contribution >= 4 is 17.2 Å². The molecule has 9 heteroatoms. The number of nitrogens with one attached hydrogen (secondary N) is 2. The highest BCUT2D eigenvalue weighted by atomic mass is 32.1. The molecule has 166 valence electrons. The van der Waals surface area contributed by atoms with E-state index < -0.39 is 29.7 Å². The summed E-state index contributed by atoms with van der Waals surface area (Å²) in [6, 6.07) is 5.02. The lowest BCUT2D eigenvalue weighted by Gasteiger charge is -2.29. The van der Waals surface area contributed by atoms with Gasteiger partial charge in [0, 0.05) is 16.6 Å². The lowest BCUT2D eigenvalue weighted by molar-refractivity contribution is -0.161. The monoisotopic (exact) mass is 450 g/mol. The quantitative estimate of drug-likeness (QED) is 0.600. The normalized spacial score (nSPS) is 17.1. The Morgan fingerprint density at radius 1 is 1.29 bits per heavy atom. The molecule has 3 rings (SSSR count). The first kappa shape index (κ1) is 23.2. The highest BCUT2D eigenvalue weighted by Crippen LogP contribution is 2.36. The molecule has 1 heterocycles. The zero-order valence-electron chi connectivity index (χ0n) is 17.6. The third-order valence-electron chi connectivity index (χ3n) is 5.16. The topological polar surface area (TPSA) is 77.8 Å². The van der Waals surface area contributed by atoms with Crippen molar-refractivity contribution in [2.75, 3.05) is 0 Å². The van der Waals surface area contributed by atoms with Crippen molar-refractivity contribution in [3.8, 4) is 16.6 Å². The maximum absolute atomic E-state index is 14.0. The average molecular weight is 451 g/mol. The van der Waals surface area contributed by atoms with Crippen molar-refractivity contribution in [3.63, 3.8) is 0 Å². The van der Waals surface area contributed by atoms with Crippen LogP contribution < -0.4 is 10.6 Å². The van der Waals surface area contributed by atoms with Gasteiger partial charge in [0.15, 0.2) is 0 Å². The Bertz CT molecular complexity index is 958. The summed E-state index contributed by atoms with van der Waals surface area (Å²) in [4.78, 5) is 18.0. The summed E-state index contributed by atoms with van der Waals surface area (Å²) >= 11 is 1.47. The maximum Gasteiger partial charge on any atom is 0.407 e. The van der Waals surface area contributed by atoms with Crippen molar-refractivity contribution in [2.24, 2.45) is 5.92 Å². The molecule has 31 heavy (non-hydrogen) atoms. The van der Waals surface area contributed by atoms with Gasteiger partial charge >= 0.3 is 6.18 Å².